The summed E-state index contributed by atoms with van der Waals surface area (Å²) in [4.78, 5) is 2.51. The highest BCUT2D eigenvalue weighted by molar-refractivity contribution is 5.97. The number of ether oxygens (including phenoxy) is 1. The van der Waals surface area contributed by atoms with Crippen molar-refractivity contribution in [3.05, 3.63) is 29.3 Å². The first-order valence-corrected chi connectivity index (χ1v) is 7.28. The van der Waals surface area contributed by atoms with E-state index in [-0.39, 0.29) is 5.84 Å². The first kappa shape index (κ1) is 14.9. The lowest BCUT2D eigenvalue weighted by molar-refractivity contribution is 0.106. The molecule has 0 amide bonds. The summed E-state index contributed by atoms with van der Waals surface area (Å²) in [7, 11) is 1.61. The van der Waals surface area contributed by atoms with Gasteiger partial charge in [0.15, 0.2) is 0 Å². The number of nitrogens with two attached hydrogens (primary N) is 1. The zero-order valence-corrected chi connectivity index (χ0v) is 12.6. The molecule has 2 unspecified atom stereocenters. The van der Waals surface area contributed by atoms with Crippen LogP contribution in [0.1, 0.15) is 37.8 Å². The summed E-state index contributed by atoms with van der Waals surface area (Å²) in [5, 5.41) is 7.65. The Bertz CT molecular complexity index is 487. The predicted octanol–water partition coefficient (Wildman–Crippen LogP) is 2.60. The monoisotopic (exact) mass is 275 g/mol. The molecule has 0 spiro atoms. The molecule has 0 saturated carbocycles. The highest BCUT2D eigenvalue weighted by Gasteiger charge is 2.24. The summed E-state index contributed by atoms with van der Waals surface area (Å²) < 4.78 is 5.26. The Labute approximate surface area is 121 Å². The van der Waals surface area contributed by atoms with Crippen molar-refractivity contribution >= 4 is 5.84 Å². The molecule has 1 aliphatic rings. The Morgan fingerprint density at radius 2 is 2.20 bits per heavy atom. The molecule has 2 atom stereocenters. The van der Waals surface area contributed by atoms with Crippen molar-refractivity contribution in [3.8, 4) is 5.75 Å². The van der Waals surface area contributed by atoms with Gasteiger partial charge in [-0.15, -0.1) is 0 Å². The normalized spacial score (nSPS) is 23.6. The molecule has 1 heterocycles. The van der Waals surface area contributed by atoms with E-state index >= 15 is 0 Å². The third kappa shape index (κ3) is 3.12. The van der Waals surface area contributed by atoms with Crippen molar-refractivity contribution in [2.75, 3.05) is 13.7 Å². The largest absolute Gasteiger partial charge is 0.496 e. The van der Waals surface area contributed by atoms with Crippen molar-refractivity contribution in [1.82, 2.24) is 4.90 Å². The van der Waals surface area contributed by atoms with Crippen LogP contribution in [0.5, 0.6) is 5.75 Å². The van der Waals surface area contributed by atoms with Crippen LogP contribution in [0.2, 0.25) is 0 Å². The molecular formula is C16H25N3O. The van der Waals surface area contributed by atoms with Crippen LogP contribution in [0.4, 0.5) is 0 Å². The second-order valence-electron chi connectivity index (χ2n) is 5.78. The van der Waals surface area contributed by atoms with E-state index in [0.717, 1.165) is 19.0 Å². The van der Waals surface area contributed by atoms with Gasteiger partial charge in [-0.3, -0.25) is 10.3 Å². The van der Waals surface area contributed by atoms with Crippen LogP contribution in [0.3, 0.4) is 0 Å². The van der Waals surface area contributed by atoms with Crippen molar-refractivity contribution in [1.29, 1.82) is 5.41 Å². The summed E-state index contributed by atoms with van der Waals surface area (Å²) in [6, 6.07) is 6.56. The van der Waals surface area contributed by atoms with Crippen LogP contribution in [0, 0.1) is 11.3 Å². The molecule has 2 rings (SSSR count). The van der Waals surface area contributed by atoms with Gasteiger partial charge in [0.2, 0.25) is 0 Å². The first-order chi connectivity index (χ1) is 9.52. The van der Waals surface area contributed by atoms with Crippen molar-refractivity contribution in [2.45, 2.75) is 39.3 Å². The van der Waals surface area contributed by atoms with Gasteiger partial charge < -0.3 is 10.5 Å². The lowest BCUT2D eigenvalue weighted by Crippen LogP contribution is -2.41. The first-order valence-electron chi connectivity index (χ1n) is 7.28. The minimum absolute atomic E-state index is 0.0590. The van der Waals surface area contributed by atoms with Gasteiger partial charge in [-0.05, 0) is 49.9 Å². The lowest BCUT2D eigenvalue weighted by atomic mass is 9.91. The standard InChI is InChI=1S/C16H25N3O/c1-11-5-4-8-19(12(11)2)10-13-6-7-15(20-3)14(9-13)16(17)18/h6-7,9,11-12H,4-5,8,10H2,1-3H3,(H3,17,18). The van der Waals surface area contributed by atoms with Crippen LogP contribution in [-0.2, 0) is 6.54 Å². The molecule has 4 heteroatoms. The summed E-state index contributed by atoms with van der Waals surface area (Å²) >= 11 is 0. The van der Waals surface area contributed by atoms with Crippen LogP contribution < -0.4 is 10.5 Å². The van der Waals surface area contributed by atoms with E-state index in [1.807, 2.05) is 12.1 Å². The van der Waals surface area contributed by atoms with E-state index < -0.39 is 0 Å². The number of amidine groups is 1. The van der Waals surface area contributed by atoms with Gasteiger partial charge in [0.25, 0.3) is 0 Å². The van der Waals surface area contributed by atoms with E-state index in [2.05, 4.69) is 24.8 Å². The maximum absolute atomic E-state index is 7.65. The number of nitrogen functional groups attached to an aromatic ring is 1. The van der Waals surface area contributed by atoms with E-state index in [9.17, 15) is 0 Å². The molecule has 3 N–H and O–H groups in total. The molecule has 0 aliphatic carbocycles. The van der Waals surface area contributed by atoms with E-state index in [4.69, 9.17) is 15.9 Å². The summed E-state index contributed by atoms with van der Waals surface area (Å²) in [6.07, 6.45) is 2.58. The maximum Gasteiger partial charge on any atom is 0.129 e. The fourth-order valence-corrected chi connectivity index (χ4v) is 2.94. The van der Waals surface area contributed by atoms with Crippen molar-refractivity contribution < 1.29 is 4.74 Å². The Morgan fingerprint density at radius 1 is 1.45 bits per heavy atom. The number of nitrogens with one attached hydrogen (secondary N) is 1. The van der Waals surface area contributed by atoms with Crippen molar-refractivity contribution in [3.63, 3.8) is 0 Å². The van der Waals surface area contributed by atoms with Crippen LogP contribution in [-0.4, -0.2) is 30.4 Å². The number of hydrogen-bond donors (Lipinski definition) is 2. The number of benzene rings is 1. The second-order valence-corrected chi connectivity index (χ2v) is 5.78. The summed E-state index contributed by atoms with van der Waals surface area (Å²) in [6.45, 7) is 6.69. The summed E-state index contributed by atoms with van der Waals surface area (Å²) in [5.41, 5.74) is 7.51. The number of piperidine rings is 1. The second kappa shape index (κ2) is 6.27. The van der Waals surface area contributed by atoms with Gasteiger partial charge in [-0.25, -0.2) is 0 Å². The van der Waals surface area contributed by atoms with Crippen LogP contribution in [0.25, 0.3) is 0 Å². The molecule has 1 fully saturated rings. The lowest BCUT2D eigenvalue weighted by Gasteiger charge is -2.38. The third-order valence-corrected chi connectivity index (χ3v) is 4.44. The minimum atomic E-state index is 0.0590. The zero-order valence-electron chi connectivity index (χ0n) is 12.6. The highest BCUT2D eigenvalue weighted by atomic mass is 16.5. The fraction of sp³-hybridized carbons (Fsp3) is 0.562. The highest BCUT2D eigenvalue weighted by Crippen LogP contribution is 2.26. The smallest absolute Gasteiger partial charge is 0.129 e. The van der Waals surface area contributed by atoms with E-state index in [1.54, 1.807) is 7.11 Å². The van der Waals surface area contributed by atoms with E-state index in [0.29, 0.717) is 17.4 Å². The molecular weight excluding hydrogens is 250 g/mol. The molecule has 0 bridgehead atoms. The molecule has 20 heavy (non-hydrogen) atoms. The number of likely N-dealkylation sites (tertiary alicyclic amines) is 1. The number of nitrogens with zero attached hydrogens (tertiary/aromatic N) is 1. The zero-order chi connectivity index (χ0) is 14.7. The average molecular weight is 275 g/mol. The Hall–Kier alpha value is -1.55. The quantitative estimate of drug-likeness (QED) is 0.656. The summed E-state index contributed by atoms with van der Waals surface area (Å²) in [5.74, 6) is 1.47. The fourth-order valence-electron chi connectivity index (χ4n) is 2.94. The van der Waals surface area contributed by atoms with Crippen LogP contribution >= 0.6 is 0 Å². The Kier molecular flexibility index (Phi) is 4.65. The topological polar surface area (TPSA) is 62.3 Å². The van der Waals surface area contributed by atoms with Gasteiger partial charge in [-0.2, -0.15) is 0 Å². The molecule has 4 nitrogen and oxygen atoms in total. The third-order valence-electron chi connectivity index (χ3n) is 4.44. The van der Waals surface area contributed by atoms with Gasteiger partial charge in [-0.1, -0.05) is 13.0 Å². The van der Waals surface area contributed by atoms with Gasteiger partial charge in [0.05, 0.1) is 12.7 Å². The molecule has 0 radical (unpaired) electrons. The molecule has 1 aromatic rings. The van der Waals surface area contributed by atoms with Crippen molar-refractivity contribution in [2.24, 2.45) is 11.7 Å². The molecule has 110 valence electrons. The Morgan fingerprint density at radius 3 is 2.85 bits per heavy atom. The molecule has 1 saturated heterocycles. The molecule has 0 aromatic heterocycles. The predicted molar refractivity (Wildman–Crippen MR) is 82.3 cm³/mol. The Balaban J connectivity index is 2.17. The number of methoxy groups -OCH3 is 1. The average Bonchev–Trinajstić information content (AvgIpc) is 2.43. The number of hydrogen-bond acceptors (Lipinski definition) is 3. The van der Waals surface area contributed by atoms with Gasteiger partial charge >= 0.3 is 0 Å². The van der Waals surface area contributed by atoms with E-state index in [1.165, 1.54) is 18.4 Å². The number of rotatable bonds is 4. The molecule has 1 aromatic carbocycles. The van der Waals surface area contributed by atoms with Gasteiger partial charge in [0, 0.05) is 12.6 Å². The minimum Gasteiger partial charge on any atom is -0.496 e. The SMILES string of the molecule is COc1ccc(CN2CCCC(C)C2C)cc1C(=N)N. The van der Waals surface area contributed by atoms with Gasteiger partial charge in [0.1, 0.15) is 11.6 Å². The molecule has 1 aliphatic heterocycles. The maximum atomic E-state index is 7.65. The van der Waals surface area contributed by atoms with Crippen LogP contribution in [0.15, 0.2) is 18.2 Å².